The first-order valence-electron chi connectivity index (χ1n) is 8.31. The molecule has 2 heterocycles. The zero-order chi connectivity index (χ0) is 17.9. The number of benzene rings is 1. The number of hydrogen-bond donors (Lipinski definition) is 0. The summed E-state index contributed by atoms with van der Waals surface area (Å²) in [6, 6.07) is 11.1. The zero-order valence-corrected chi connectivity index (χ0v) is 15.7. The number of aromatic nitrogens is 2. The van der Waals surface area contributed by atoms with Gasteiger partial charge >= 0.3 is 0 Å². The van der Waals surface area contributed by atoms with Gasteiger partial charge in [-0.15, -0.1) is 10.2 Å². The van der Waals surface area contributed by atoms with Crippen LogP contribution in [0.25, 0.3) is 0 Å². The minimum atomic E-state index is -3.32. The quantitative estimate of drug-likeness (QED) is 0.794. The Morgan fingerprint density at radius 2 is 1.76 bits per heavy atom. The van der Waals surface area contributed by atoms with Gasteiger partial charge in [0.25, 0.3) is 0 Å². The van der Waals surface area contributed by atoms with Crippen molar-refractivity contribution >= 4 is 32.9 Å². The largest absolute Gasteiger partial charge is 0.368 e. The van der Waals surface area contributed by atoms with E-state index in [1.807, 2.05) is 25.1 Å². The van der Waals surface area contributed by atoms with Crippen LogP contribution in [-0.2, 0) is 9.84 Å². The number of nitrogens with zero attached hydrogens (tertiary/aromatic N) is 4. The van der Waals surface area contributed by atoms with Crippen molar-refractivity contribution in [3.8, 4) is 0 Å². The standard InChI is InChI=1S/C17H21ClN4O2S/c1-2-12-25(23,24)17-7-6-16(19-20-17)22-10-8-21(9-11-22)15-5-3-4-14(18)13-15/h3-7,13H,2,8-12H2,1H3. The molecule has 6 nitrogen and oxygen atoms in total. The van der Waals surface area contributed by atoms with Gasteiger partial charge in [0.2, 0.25) is 0 Å². The van der Waals surface area contributed by atoms with Gasteiger partial charge in [0.1, 0.15) is 0 Å². The van der Waals surface area contributed by atoms with Crippen LogP contribution < -0.4 is 9.80 Å². The summed E-state index contributed by atoms with van der Waals surface area (Å²) in [5, 5.41) is 8.82. The number of rotatable bonds is 5. The van der Waals surface area contributed by atoms with Gasteiger partial charge in [-0.1, -0.05) is 24.6 Å². The summed E-state index contributed by atoms with van der Waals surface area (Å²) in [5.74, 6) is 0.806. The molecule has 0 saturated carbocycles. The SMILES string of the molecule is CCCS(=O)(=O)c1ccc(N2CCN(c3cccc(Cl)c3)CC2)nn1. The molecule has 0 aliphatic carbocycles. The second kappa shape index (κ2) is 7.58. The zero-order valence-electron chi connectivity index (χ0n) is 14.1. The Hall–Kier alpha value is -1.86. The lowest BCUT2D eigenvalue weighted by Crippen LogP contribution is -2.46. The average Bonchev–Trinajstić information content (AvgIpc) is 2.62. The van der Waals surface area contributed by atoms with E-state index < -0.39 is 9.84 Å². The van der Waals surface area contributed by atoms with E-state index in [-0.39, 0.29) is 10.8 Å². The minimum Gasteiger partial charge on any atom is -0.368 e. The fourth-order valence-electron chi connectivity index (χ4n) is 2.89. The molecular weight excluding hydrogens is 360 g/mol. The Bertz CT molecular complexity index is 819. The summed E-state index contributed by atoms with van der Waals surface area (Å²) in [6.45, 7) is 5.11. The van der Waals surface area contributed by atoms with Crippen LogP contribution in [0, 0.1) is 0 Å². The number of sulfone groups is 1. The maximum atomic E-state index is 12.0. The van der Waals surface area contributed by atoms with Gasteiger partial charge in [0, 0.05) is 36.9 Å². The molecule has 0 amide bonds. The van der Waals surface area contributed by atoms with E-state index in [1.165, 1.54) is 0 Å². The molecule has 1 aromatic heterocycles. The van der Waals surface area contributed by atoms with E-state index in [9.17, 15) is 8.42 Å². The van der Waals surface area contributed by atoms with Crippen molar-refractivity contribution in [3.63, 3.8) is 0 Å². The Morgan fingerprint density at radius 3 is 2.36 bits per heavy atom. The Balaban J connectivity index is 1.65. The summed E-state index contributed by atoms with van der Waals surface area (Å²) in [5.41, 5.74) is 1.11. The van der Waals surface area contributed by atoms with E-state index >= 15 is 0 Å². The molecule has 134 valence electrons. The molecule has 1 fully saturated rings. The lowest BCUT2D eigenvalue weighted by Gasteiger charge is -2.36. The van der Waals surface area contributed by atoms with Crippen LogP contribution in [0.3, 0.4) is 0 Å². The highest BCUT2D eigenvalue weighted by Gasteiger charge is 2.20. The number of piperazine rings is 1. The monoisotopic (exact) mass is 380 g/mol. The molecule has 0 bridgehead atoms. The van der Waals surface area contributed by atoms with Crippen LogP contribution in [0.4, 0.5) is 11.5 Å². The predicted octanol–water partition coefficient (Wildman–Crippen LogP) is 2.64. The summed E-state index contributed by atoms with van der Waals surface area (Å²) in [7, 11) is -3.32. The summed E-state index contributed by atoms with van der Waals surface area (Å²) < 4.78 is 24.0. The van der Waals surface area contributed by atoms with Gasteiger partial charge in [-0.3, -0.25) is 0 Å². The van der Waals surface area contributed by atoms with E-state index in [0.717, 1.165) is 36.9 Å². The Kier molecular flexibility index (Phi) is 5.44. The molecule has 0 atom stereocenters. The van der Waals surface area contributed by atoms with Crippen LogP contribution in [0.2, 0.25) is 5.02 Å². The van der Waals surface area contributed by atoms with Gasteiger partial charge in [-0.25, -0.2) is 8.42 Å². The number of anilines is 2. The second-order valence-electron chi connectivity index (χ2n) is 6.00. The van der Waals surface area contributed by atoms with Crippen molar-refractivity contribution < 1.29 is 8.42 Å². The molecule has 0 N–H and O–H groups in total. The maximum Gasteiger partial charge on any atom is 0.197 e. The van der Waals surface area contributed by atoms with Crippen LogP contribution >= 0.6 is 11.6 Å². The van der Waals surface area contributed by atoms with Crippen LogP contribution in [-0.4, -0.2) is 50.5 Å². The lowest BCUT2D eigenvalue weighted by atomic mass is 10.2. The van der Waals surface area contributed by atoms with Gasteiger partial charge < -0.3 is 9.80 Å². The molecule has 0 unspecified atom stereocenters. The van der Waals surface area contributed by atoms with Crippen LogP contribution in [0.5, 0.6) is 0 Å². The Labute approximate surface area is 153 Å². The fraction of sp³-hybridized carbons (Fsp3) is 0.412. The van der Waals surface area contributed by atoms with Gasteiger partial charge in [0.05, 0.1) is 5.75 Å². The summed E-state index contributed by atoms with van der Waals surface area (Å²) in [6.07, 6.45) is 0.567. The maximum absolute atomic E-state index is 12.0. The van der Waals surface area contributed by atoms with Crippen molar-refractivity contribution in [1.29, 1.82) is 0 Å². The van der Waals surface area contributed by atoms with Crippen molar-refractivity contribution in [2.24, 2.45) is 0 Å². The first-order chi connectivity index (χ1) is 12.0. The highest BCUT2D eigenvalue weighted by atomic mass is 35.5. The normalized spacial score (nSPS) is 15.4. The molecule has 25 heavy (non-hydrogen) atoms. The van der Waals surface area contributed by atoms with Crippen molar-refractivity contribution in [2.45, 2.75) is 18.4 Å². The first kappa shape index (κ1) is 17.9. The van der Waals surface area contributed by atoms with Gasteiger partial charge in [0.15, 0.2) is 20.7 Å². The van der Waals surface area contributed by atoms with Gasteiger partial charge in [-0.05, 0) is 36.8 Å². The fourth-order valence-corrected chi connectivity index (χ4v) is 4.26. The predicted molar refractivity (Wildman–Crippen MR) is 100 cm³/mol. The molecule has 0 radical (unpaired) electrons. The van der Waals surface area contributed by atoms with E-state index in [4.69, 9.17) is 11.6 Å². The number of halogens is 1. The van der Waals surface area contributed by atoms with Crippen LogP contribution in [0.1, 0.15) is 13.3 Å². The number of hydrogen-bond acceptors (Lipinski definition) is 6. The summed E-state index contributed by atoms with van der Waals surface area (Å²) >= 11 is 6.06. The van der Waals surface area contributed by atoms with E-state index in [1.54, 1.807) is 12.1 Å². The first-order valence-corrected chi connectivity index (χ1v) is 10.3. The molecule has 0 spiro atoms. The third-order valence-electron chi connectivity index (χ3n) is 4.19. The molecule has 1 aliphatic heterocycles. The molecular formula is C17H21ClN4O2S. The molecule has 2 aromatic rings. The van der Waals surface area contributed by atoms with E-state index in [2.05, 4.69) is 26.1 Å². The topological polar surface area (TPSA) is 66.4 Å². The molecule has 3 rings (SSSR count). The minimum absolute atomic E-state index is 0.0515. The van der Waals surface area contributed by atoms with Crippen molar-refractivity contribution in [3.05, 3.63) is 41.4 Å². The third-order valence-corrected chi connectivity index (χ3v) is 6.23. The summed E-state index contributed by atoms with van der Waals surface area (Å²) in [4.78, 5) is 4.39. The third kappa shape index (κ3) is 4.22. The second-order valence-corrected chi connectivity index (χ2v) is 8.50. The molecule has 8 heteroatoms. The average molecular weight is 381 g/mol. The molecule has 1 aliphatic rings. The van der Waals surface area contributed by atoms with E-state index in [0.29, 0.717) is 12.2 Å². The molecule has 1 saturated heterocycles. The van der Waals surface area contributed by atoms with Crippen molar-refractivity contribution in [1.82, 2.24) is 10.2 Å². The van der Waals surface area contributed by atoms with Crippen LogP contribution in [0.15, 0.2) is 41.4 Å². The van der Waals surface area contributed by atoms with Gasteiger partial charge in [-0.2, -0.15) is 0 Å². The smallest absolute Gasteiger partial charge is 0.197 e. The lowest BCUT2D eigenvalue weighted by molar-refractivity contribution is 0.587. The van der Waals surface area contributed by atoms with Crippen molar-refractivity contribution in [2.75, 3.05) is 41.7 Å². The highest BCUT2D eigenvalue weighted by Crippen LogP contribution is 2.22. The Morgan fingerprint density at radius 1 is 1.04 bits per heavy atom. The highest BCUT2D eigenvalue weighted by molar-refractivity contribution is 7.91. The molecule has 1 aromatic carbocycles.